The molecule has 2 heterocycles. The highest BCUT2D eigenvalue weighted by molar-refractivity contribution is 5.37. The van der Waals surface area contributed by atoms with Crippen LogP contribution in [0.25, 0.3) is 0 Å². The van der Waals surface area contributed by atoms with Crippen LogP contribution < -0.4 is 0 Å². The maximum Gasteiger partial charge on any atom is 0.422 e. The van der Waals surface area contributed by atoms with E-state index >= 15 is 0 Å². The Morgan fingerprint density at radius 3 is 0.904 bits per heavy atom. The van der Waals surface area contributed by atoms with Crippen LogP contribution in [0.2, 0.25) is 0 Å². The first kappa shape index (κ1) is 66.8. The van der Waals surface area contributed by atoms with Crippen molar-refractivity contribution in [2.24, 2.45) is 0 Å². The third kappa shape index (κ3) is 21.5. The van der Waals surface area contributed by atoms with Crippen molar-refractivity contribution in [2.45, 2.75) is 170 Å². The van der Waals surface area contributed by atoms with Crippen LogP contribution >= 0.6 is 0 Å². The molecule has 2 nitrogen and oxygen atoms in total. The van der Waals surface area contributed by atoms with E-state index in [0.717, 1.165) is 37.6 Å². The number of benzene rings is 4. The first-order chi connectivity index (χ1) is 32.7. The van der Waals surface area contributed by atoms with Gasteiger partial charge in [-0.3, -0.25) is 0 Å². The van der Waals surface area contributed by atoms with Crippen molar-refractivity contribution in [1.29, 1.82) is 0 Å². The van der Waals surface area contributed by atoms with Gasteiger partial charge in [-0.15, -0.1) is 0 Å². The molecule has 2 aliphatic rings. The summed E-state index contributed by atoms with van der Waals surface area (Å²) in [4.78, 5) is 0. The molecule has 2 aliphatic heterocycles. The minimum Gasteiger partial charge on any atom is -0.570 e. The van der Waals surface area contributed by atoms with E-state index in [1.165, 1.54) is 89.8 Å². The van der Waals surface area contributed by atoms with E-state index in [1.54, 1.807) is 26.0 Å². The van der Waals surface area contributed by atoms with Gasteiger partial charge in [0.1, 0.15) is 43.6 Å². The fourth-order valence-electron chi connectivity index (χ4n) is 6.97. The maximum atomic E-state index is 13.5. The van der Waals surface area contributed by atoms with E-state index in [0.29, 0.717) is 16.7 Å². The van der Waals surface area contributed by atoms with Gasteiger partial charge in [-0.25, -0.2) is 26.3 Å². The monoisotopic (exact) mass is 1060 g/mol. The third-order valence-corrected chi connectivity index (χ3v) is 11.2. The van der Waals surface area contributed by atoms with Crippen LogP contribution in [0.1, 0.15) is 164 Å². The molecular formula is C56H73F15O2. The zero-order valence-electron chi connectivity index (χ0n) is 44.7. The molecule has 0 atom stereocenters. The highest BCUT2D eigenvalue weighted by Gasteiger charge is 2.44. The predicted molar refractivity (Wildman–Crippen MR) is 260 cm³/mol. The molecule has 2 fully saturated rings. The molecule has 414 valence electrons. The van der Waals surface area contributed by atoms with Crippen LogP contribution in [0.15, 0.2) is 48.5 Å². The summed E-state index contributed by atoms with van der Waals surface area (Å²) >= 11 is 0. The zero-order chi connectivity index (χ0) is 57.2. The summed E-state index contributed by atoms with van der Waals surface area (Å²) in [5.74, 6) is -9.79. The molecule has 17 heteroatoms. The van der Waals surface area contributed by atoms with Crippen LogP contribution in [0, 0.1) is 69.9 Å². The van der Waals surface area contributed by atoms with Gasteiger partial charge < -0.3 is 8.73 Å². The number of aryl methyl sites for hydroxylation is 2. The Kier molecular flexibility index (Phi) is 23.8. The lowest BCUT2D eigenvalue weighted by molar-refractivity contribution is -0.143. The quantitative estimate of drug-likeness (QED) is 0.0716. The Bertz CT molecular complexity index is 2150. The van der Waals surface area contributed by atoms with Crippen LogP contribution in [0.5, 0.6) is 0 Å². The first-order valence-electron chi connectivity index (χ1n) is 23.4. The Hall–Kier alpha value is -4.25. The van der Waals surface area contributed by atoms with Crippen LogP contribution in [0.3, 0.4) is 0 Å². The smallest absolute Gasteiger partial charge is 0.422 e. The number of halogens is 15. The van der Waals surface area contributed by atoms with Gasteiger partial charge in [-0.1, -0.05) is 127 Å². The predicted octanol–water partition coefficient (Wildman–Crippen LogP) is 19.0. The molecule has 6 rings (SSSR count). The third-order valence-electron chi connectivity index (χ3n) is 11.2. The van der Waals surface area contributed by atoms with Crippen LogP contribution in [0.4, 0.5) is 65.9 Å². The molecule has 73 heavy (non-hydrogen) atoms. The van der Waals surface area contributed by atoms with Crippen LogP contribution in [-0.4, -0.2) is 26.4 Å². The lowest BCUT2D eigenvalue weighted by atomic mass is 9.85. The van der Waals surface area contributed by atoms with E-state index < -0.39 is 81.1 Å². The van der Waals surface area contributed by atoms with E-state index in [4.69, 9.17) is 0 Å². The highest BCUT2D eigenvalue weighted by atomic mass is 19.4. The SMILES string of the molecule is CC(C)(C)c1c(F)c(F)c(C(F)(F)F)c(F)c1F.Cc1c(F)ccc(C(C)(C)C)c1F.Cc1cc(C(C)(C)C)cc(C(F)(F)F)c1.Cc1cc(C(C)(C)C)cc(C(F)(F)F)c1.[CH2-][O+]1CCCC1.[CH2-][O+]1CCCC1. The minimum absolute atomic E-state index is 0.104. The lowest BCUT2D eigenvalue weighted by Crippen LogP contribution is -2.23. The number of alkyl halides is 9. The Labute approximate surface area is 423 Å². The van der Waals surface area contributed by atoms with E-state index in [9.17, 15) is 65.9 Å². The molecule has 0 amide bonds. The molecule has 0 bridgehead atoms. The normalized spacial score (nSPS) is 14.8. The van der Waals surface area contributed by atoms with Crippen molar-refractivity contribution < 1.29 is 74.6 Å². The summed E-state index contributed by atoms with van der Waals surface area (Å²) in [6, 6.07) is 11.2. The summed E-state index contributed by atoms with van der Waals surface area (Å²) in [5.41, 5.74) is -3.50. The summed E-state index contributed by atoms with van der Waals surface area (Å²) in [5, 5.41) is 0. The van der Waals surface area contributed by atoms with Gasteiger partial charge in [-0.05, 0) is 89.5 Å². The van der Waals surface area contributed by atoms with Gasteiger partial charge in [-0.2, -0.15) is 39.5 Å². The summed E-state index contributed by atoms with van der Waals surface area (Å²) in [7, 11) is 7.38. The maximum absolute atomic E-state index is 13.5. The van der Waals surface area contributed by atoms with Crippen molar-refractivity contribution >= 4 is 0 Å². The minimum atomic E-state index is -5.51. The molecule has 0 unspecified atom stereocenters. The van der Waals surface area contributed by atoms with Crippen molar-refractivity contribution in [2.75, 3.05) is 26.4 Å². The average Bonchev–Trinajstić information content (AvgIpc) is 3.90. The van der Waals surface area contributed by atoms with Crippen molar-refractivity contribution in [3.63, 3.8) is 0 Å². The fraction of sp³-hybridized carbons (Fsp3) is 0.536. The van der Waals surface area contributed by atoms with Crippen molar-refractivity contribution in [3.8, 4) is 0 Å². The number of hydrogen-bond acceptors (Lipinski definition) is 0. The van der Waals surface area contributed by atoms with E-state index in [-0.39, 0.29) is 21.8 Å². The molecule has 4 aromatic carbocycles. The highest BCUT2D eigenvalue weighted by Crippen LogP contribution is 2.40. The zero-order valence-corrected chi connectivity index (χ0v) is 44.7. The first-order valence-corrected chi connectivity index (χ1v) is 23.4. The standard InChI is InChI=1S/2C12H15F3.C11H9F7.C11H14F2.2C5H10O/c2*1-8-5-9(11(2,3)4)7-10(6-8)12(13,14)15;1-10(2,3)4-6(12)8(14)5(11(16,17)18)9(15)7(4)13;1-7-9(12)6-5-8(10(7)13)11(2,3)4;2*1-6-4-2-3-5-6/h2*5-7H,1-4H3;1-3H3;5-6H,1-4H3;2*1-5H2. The molecule has 0 aromatic heterocycles. The lowest BCUT2D eigenvalue weighted by Gasteiger charge is -2.22. The van der Waals surface area contributed by atoms with Gasteiger partial charge in [0.15, 0.2) is 23.3 Å². The molecule has 0 radical (unpaired) electrons. The Morgan fingerprint density at radius 2 is 0.671 bits per heavy atom. The average molecular weight is 1060 g/mol. The van der Waals surface area contributed by atoms with Crippen molar-refractivity contribution in [3.05, 3.63) is 153 Å². The fourth-order valence-corrected chi connectivity index (χ4v) is 6.97. The summed E-state index contributed by atoms with van der Waals surface area (Å²) in [6.45, 7) is 30.1. The summed E-state index contributed by atoms with van der Waals surface area (Å²) < 4.78 is 197. The molecular weight excluding hydrogens is 990 g/mol. The van der Waals surface area contributed by atoms with Crippen molar-refractivity contribution in [1.82, 2.24) is 0 Å². The second kappa shape index (κ2) is 26.0. The van der Waals surface area contributed by atoms with Gasteiger partial charge in [0.25, 0.3) is 0 Å². The molecule has 0 saturated carbocycles. The molecule has 2 saturated heterocycles. The number of rotatable bonds is 0. The van der Waals surface area contributed by atoms with E-state index in [2.05, 4.69) is 23.0 Å². The largest absolute Gasteiger partial charge is 0.570 e. The number of hydrogen-bond donors (Lipinski definition) is 0. The second-order valence-corrected chi connectivity index (χ2v) is 22.2. The molecule has 0 aliphatic carbocycles. The Morgan fingerprint density at radius 1 is 0.370 bits per heavy atom. The van der Waals surface area contributed by atoms with Gasteiger partial charge >= 0.3 is 18.5 Å². The topological polar surface area (TPSA) is 5.40 Å². The second-order valence-electron chi connectivity index (χ2n) is 22.2. The molecule has 0 spiro atoms. The van der Waals surface area contributed by atoms with E-state index in [1.807, 2.05) is 62.3 Å². The summed E-state index contributed by atoms with van der Waals surface area (Å²) in [6.07, 6.45) is -8.77. The van der Waals surface area contributed by atoms with Crippen LogP contribution in [-0.2, 0) is 48.9 Å². The van der Waals surface area contributed by atoms with Gasteiger partial charge in [0, 0.05) is 36.8 Å². The Balaban J connectivity index is 0.000000453. The van der Waals surface area contributed by atoms with Gasteiger partial charge in [0.05, 0.1) is 11.1 Å². The molecule has 4 aromatic rings. The van der Waals surface area contributed by atoms with Gasteiger partial charge in [0.2, 0.25) is 0 Å². The molecule has 0 N–H and O–H groups in total.